The topological polar surface area (TPSA) is 52.3 Å². The first-order valence-corrected chi connectivity index (χ1v) is 1.57. The van der Waals surface area contributed by atoms with Crippen LogP contribution in [0.5, 0.6) is 0 Å². The maximum atomic E-state index is 9.66. The molecule has 0 fully saturated rings. The molecule has 0 aliphatic carbocycles. The van der Waals surface area contributed by atoms with Gasteiger partial charge in [0, 0.05) is 0 Å². The molecule has 0 rings (SSSR count). The van der Waals surface area contributed by atoms with Crippen LogP contribution in [0.2, 0.25) is 0 Å². The highest BCUT2D eigenvalue weighted by Gasteiger charge is 1.80. The lowest BCUT2D eigenvalue weighted by molar-refractivity contribution is 0.196. The number of rotatable bonds is 1. The molecule has 0 atom stereocenters. The first kappa shape index (κ1) is 5.79. The number of hydrogen-bond acceptors (Lipinski definition) is 2. The monoisotopic (exact) mass is 99.0 g/mol. The summed E-state index contributed by atoms with van der Waals surface area (Å²) in [4.78, 5) is 9.66. The van der Waals surface area contributed by atoms with Crippen LogP contribution >= 0.6 is 0 Å². The Hall–Kier alpha value is -1.21. The molecule has 0 bridgehead atoms. The second kappa shape index (κ2) is 3.00. The van der Waals surface area contributed by atoms with Crippen LogP contribution < -0.4 is 5.73 Å². The summed E-state index contributed by atoms with van der Waals surface area (Å²) in [6, 6.07) is 0. The minimum Gasteiger partial charge on any atom is -0.410 e. The van der Waals surface area contributed by atoms with Crippen molar-refractivity contribution in [3.05, 3.63) is 18.6 Å². The fraction of sp³-hybridized carbons (Fsp3) is 0. The molecule has 0 radical (unpaired) electrons. The molecule has 38 valence electrons. The molecular weight excluding hydrogens is 94.0 g/mol. The maximum Gasteiger partial charge on any atom is 0.409 e. The predicted octanol–water partition coefficient (Wildman–Crippen LogP) is 0.380. The molecule has 0 saturated heterocycles. The Morgan fingerprint density at radius 2 is 2.57 bits per heavy atom. The van der Waals surface area contributed by atoms with Gasteiger partial charge in [0.15, 0.2) is 0 Å². The molecule has 0 aromatic carbocycles. The van der Waals surface area contributed by atoms with Gasteiger partial charge in [-0.3, -0.25) is 0 Å². The first-order valence-electron chi connectivity index (χ1n) is 1.57. The lowest BCUT2D eigenvalue weighted by Crippen LogP contribution is -2.08. The molecule has 0 aromatic rings. The van der Waals surface area contributed by atoms with Crippen molar-refractivity contribution in [1.29, 1.82) is 0 Å². The molecule has 0 heterocycles. The van der Waals surface area contributed by atoms with Gasteiger partial charge in [-0.1, -0.05) is 12.3 Å². The van der Waals surface area contributed by atoms with Crippen molar-refractivity contribution < 1.29 is 9.53 Å². The van der Waals surface area contributed by atoms with Crippen molar-refractivity contribution >= 4 is 6.09 Å². The van der Waals surface area contributed by atoms with Crippen LogP contribution in [0.3, 0.4) is 0 Å². The summed E-state index contributed by atoms with van der Waals surface area (Å²) in [5, 5.41) is 0. The standard InChI is InChI=1S/C4H5NO2/c1-2-3-7-4(5)6/h3H,1H2,(H2,5,6). The molecule has 1 amide bonds. The average Bonchev–Trinajstić information content (AvgIpc) is 1.61. The fourth-order valence-corrected chi connectivity index (χ4v) is 0.0997. The zero-order valence-electron chi connectivity index (χ0n) is 3.68. The SMILES string of the molecule is C=C=COC(N)=O. The first-order chi connectivity index (χ1) is 3.27. The van der Waals surface area contributed by atoms with Gasteiger partial charge in [0.2, 0.25) is 0 Å². The zero-order chi connectivity index (χ0) is 5.70. The molecule has 3 heteroatoms. The van der Waals surface area contributed by atoms with Gasteiger partial charge in [0.25, 0.3) is 0 Å². The summed E-state index contributed by atoms with van der Waals surface area (Å²) in [6.45, 7) is 3.12. The zero-order valence-corrected chi connectivity index (χ0v) is 3.68. The third-order valence-corrected chi connectivity index (χ3v) is 0.258. The van der Waals surface area contributed by atoms with Gasteiger partial charge in [0.1, 0.15) is 6.26 Å². The third-order valence-electron chi connectivity index (χ3n) is 0.258. The third kappa shape index (κ3) is 4.79. The molecule has 7 heavy (non-hydrogen) atoms. The van der Waals surface area contributed by atoms with E-state index in [4.69, 9.17) is 0 Å². The average molecular weight is 99.1 g/mol. The molecule has 0 aliphatic heterocycles. The van der Waals surface area contributed by atoms with Crippen LogP contribution in [-0.4, -0.2) is 6.09 Å². The molecule has 0 aromatic heterocycles. The van der Waals surface area contributed by atoms with Crippen molar-refractivity contribution in [2.45, 2.75) is 0 Å². The van der Waals surface area contributed by atoms with Crippen LogP contribution in [0.15, 0.2) is 18.6 Å². The van der Waals surface area contributed by atoms with E-state index in [9.17, 15) is 4.79 Å². The lowest BCUT2D eigenvalue weighted by Gasteiger charge is -1.82. The van der Waals surface area contributed by atoms with Gasteiger partial charge in [0.05, 0.1) is 0 Å². The van der Waals surface area contributed by atoms with Crippen molar-refractivity contribution in [3.63, 3.8) is 0 Å². The fourth-order valence-electron chi connectivity index (χ4n) is 0.0997. The van der Waals surface area contributed by atoms with E-state index in [-0.39, 0.29) is 0 Å². The molecule has 3 nitrogen and oxygen atoms in total. The molecule has 0 saturated carbocycles. The number of ether oxygens (including phenoxy) is 1. The van der Waals surface area contributed by atoms with Crippen LogP contribution in [-0.2, 0) is 4.74 Å². The number of hydrogen-bond donors (Lipinski definition) is 1. The van der Waals surface area contributed by atoms with E-state index in [2.05, 4.69) is 22.8 Å². The van der Waals surface area contributed by atoms with Crippen LogP contribution in [0, 0.1) is 0 Å². The van der Waals surface area contributed by atoms with Gasteiger partial charge in [-0.25, -0.2) is 4.79 Å². The van der Waals surface area contributed by atoms with Crippen molar-refractivity contribution in [2.24, 2.45) is 5.73 Å². The van der Waals surface area contributed by atoms with E-state index in [0.29, 0.717) is 0 Å². The van der Waals surface area contributed by atoms with E-state index in [1.165, 1.54) is 0 Å². The second-order valence-electron chi connectivity index (χ2n) is 0.759. The molecule has 0 aliphatic rings. The molecule has 0 spiro atoms. The predicted molar refractivity (Wildman–Crippen MR) is 24.4 cm³/mol. The summed E-state index contributed by atoms with van der Waals surface area (Å²) < 4.78 is 4.03. The van der Waals surface area contributed by atoms with E-state index >= 15 is 0 Å². The van der Waals surface area contributed by atoms with Gasteiger partial charge in [-0.15, -0.1) is 0 Å². The summed E-state index contributed by atoms with van der Waals surface area (Å²) in [7, 11) is 0. The van der Waals surface area contributed by atoms with Crippen LogP contribution in [0.4, 0.5) is 4.79 Å². The van der Waals surface area contributed by atoms with Crippen LogP contribution in [0.25, 0.3) is 0 Å². The molecule has 0 unspecified atom stereocenters. The largest absolute Gasteiger partial charge is 0.410 e. The highest BCUT2D eigenvalue weighted by atomic mass is 16.5. The Labute approximate surface area is 41.1 Å². The summed E-state index contributed by atoms with van der Waals surface area (Å²) in [5.74, 6) is 0. The van der Waals surface area contributed by atoms with Crippen molar-refractivity contribution in [3.8, 4) is 0 Å². The quantitative estimate of drug-likeness (QED) is 0.381. The smallest absolute Gasteiger partial charge is 0.409 e. The maximum absolute atomic E-state index is 9.66. The number of amides is 1. The minimum atomic E-state index is -0.851. The number of carbonyl (C=O) groups is 1. The number of carbonyl (C=O) groups excluding carboxylic acids is 1. The van der Waals surface area contributed by atoms with Crippen molar-refractivity contribution in [2.75, 3.05) is 0 Å². The lowest BCUT2D eigenvalue weighted by atomic mass is 10.9. The Bertz CT molecular complexity index is 113. The van der Waals surface area contributed by atoms with E-state index in [0.717, 1.165) is 6.26 Å². The van der Waals surface area contributed by atoms with Gasteiger partial charge >= 0.3 is 6.09 Å². The number of nitrogens with two attached hydrogens (primary N) is 1. The summed E-state index contributed by atoms with van der Waals surface area (Å²) >= 11 is 0. The van der Waals surface area contributed by atoms with Gasteiger partial charge in [-0.2, -0.15) is 0 Å². The Morgan fingerprint density at radius 1 is 2.00 bits per heavy atom. The second-order valence-corrected chi connectivity index (χ2v) is 0.759. The Morgan fingerprint density at radius 3 is 2.71 bits per heavy atom. The molecular formula is C4H5NO2. The van der Waals surface area contributed by atoms with E-state index in [1.54, 1.807) is 0 Å². The van der Waals surface area contributed by atoms with Gasteiger partial charge in [-0.05, 0) is 0 Å². The van der Waals surface area contributed by atoms with Crippen LogP contribution in [0.1, 0.15) is 0 Å². The van der Waals surface area contributed by atoms with E-state index < -0.39 is 6.09 Å². The van der Waals surface area contributed by atoms with Gasteiger partial charge < -0.3 is 10.5 Å². The van der Waals surface area contributed by atoms with Crippen molar-refractivity contribution in [1.82, 2.24) is 0 Å². The normalized spacial score (nSPS) is 6.29. The summed E-state index contributed by atoms with van der Waals surface area (Å²) in [6.07, 6.45) is 0.138. The summed E-state index contributed by atoms with van der Waals surface area (Å²) in [5.41, 5.74) is 6.72. The highest BCUT2D eigenvalue weighted by molar-refractivity contribution is 5.65. The highest BCUT2D eigenvalue weighted by Crippen LogP contribution is 1.69. The molecule has 2 N–H and O–H groups in total. The Kier molecular flexibility index (Phi) is 2.48. The minimum absolute atomic E-state index is 0.851. The Balaban J connectivity index is 3.32. The van der Waals surface area contributed by atoms with E-state index in [1.807, 2.05) is 0 Å². The number of primary amides is 1.